The van der Waals surface area contributed by atoms with Crippen LogP contribution in [0.2, 0.25) is 5.02 Å². The second-order valence-electron chi connectivity index (χ2n) is 4.58. The fourth-order valence-electron chi connectivity index (χ4n) is 2.08. The number of benzene rings is 2. The Morgan fingerprint density at radius 3 is 2.40 bits per heavy atom. The summed E-state index contributed by atoms with van der Waals surface area (Å²) in [6.45, 7) is 3.78. The minimum Gasteiger partial charge on any atom is -0.489 e. The highest BCUT2D eigenvalue weighted by Crippen LogP contribution is 2.28. The number of nitro benzene ring substituents is 1. The van der Waals surface area contributed by atoms with Crippen molar-refractivity contribution in [3.63, 3.8) is 0 Å². The van der Waals surface area contributed by atoms with Gasteiger partial charge < -0.3 is 4.74 Å². The molecule has 0 aliphatic heterocycles. The molecular weight excluding hydrogens is 278 g/mol. The molecule has 0 aromatic heterocycles. The van der Waals surface area contributed by atoms with Gasteiger partial charge in [0, 0.05) is 16.1 Å². The maximum Gasteiger partial charge on any atom is 0.275 e. The van der Waals surface area contributed by atoms with Crippen LogP contribution < -0.4 is 4.74 Å². The largest absolute Gasteiger partial charge is 0.489 e. The van der Waals surface area contributed by atoms with E-state index in [1.165, 1.54) is 0 Å². The van der Waals surface area contributed by atoms with Crippen molar-refractivity contribution >= 4 is 17.3 Å². The van der Waals surface area contributed by atoms with Gasteiger partial charge in [-0.1, -0.05) is 23.7 Å². The minimum atomic E-state index is -0.370. The molecule has 0 saturated carbocycles. The molecule has 0 aliphatic rings. The lowest BCUT2D eigenvalue weighted by Gasteiger charge is -2.09. The SMILES string of the molecule is Cc1cc(OCc2cccc(Cl)c2)cc(C)c1[N+](=O)[O-]. The Kier molecular flexibility index (Phi) is 4.25. The number of hydrogen-bond donors (Lipinski definition) is 0. The van der Waals surface area contributed by atoms with Crippen molar-refractivity contribution < 1.29 is 9.66 Å². The van der Waals surface area contributed by atoms with E-state index < -0.39 is 0 Å². The van der Waals surface area contributed by atoms with Crippen LogP contribution in [-0.4, -0.2) is 4.92 Å². The van der Waals surface area contributed by atoms with E-state index in [0.29, 0.717) is 28.5 Å². The molecule has 0 fully saturated rings. The molecule has 0 N–H and O–H groups in total. The quantitative estimate of drug-likeness (QED) is 0.618. The average Bonchev–Trinajstić information content (AvgIpc) is 2.35. The van der Waals surface area contributed by atoms with Gasteiger partial charge in [-0.3, -0.25) is 10.1 Å². The number of aryl methyl sites for hydroxylation is 2. The summed E-state index contributed by atoms with van der Waals surface area (Å²) in [5.74, 6) is 0.616. The first-order valence-electron chi connectivity index (χ1n) is 6.10. The van der Waals surface area contributed by atoms with Crippen molar-refractivity contribution in [3.05, 3.63) is 68.2 Å². The van der Waals surface area contributed by atoms with E-state index in [4.69, 9.17) is 16.3 Å². The molecule has 0 spiro atoms. The van der Waals surface area contributed by atoms with E-state index in [1.54, 1.807) is 32.0 Å². The standard InChI is InChI=1S/C15H14ClNO3/c1-10-6-14(7-11(2)15(10)17(18)19)20-9-12-4-3-5-13(16)8-12/h3-8H,9H2,1-2H3. The molecule has 2 aromatic rings. The lowest BCUT2D eigenvalue weighted by molar-refractivity contribution is -0.386. The summed E-state index contributed by atoms with van der Waals surface area (Å²) < 4.78 is 5.66. The zero-order chi connectivity index (χ0) is 14.7. The van der Waals surface area contributed by atoms with Gasteiger partial charge in [0.2, 0.25) is 0 Å². The number of rotatable bonds is 4. The molecule has 0 atom stereocenters. The molecule has 0 bridgehead atoms. The van der Waals surface area contributed by atoms with Crippen LogP contribution in [0.3, 0.4) is 0 Å². The van der Waals surface area contributed by atoms with Gasteiger partial charge in [0.1, 0.15) is 12.4 Å². The van der Waals surface area contributed by atoms with Crippen LogP contribution >= 0.6 is 11.6 Å². The highest BCUT2D eigenvalue weighted by atomic mass is 35.5. The fourth-order valence-corrected chi connectivity index (χ4v) is 2.29. The van der Waals surface area contributed by atoms with Crippen LogP contribution in [0.5, 0.6) is 5.75 Å². The maximum atomic E-state index is 10.9. The maximum absolute atomic E-state index is 10.9. The van der Waals surface area contributed by atoms with E-state index in [0.717, 1.165) is 5.56 Å². The van der Waals surface area contributed by atoms with E-state index in [2.05, 4.69) is 0 Å². The third-order valence-corrected chi connectivity index (χ3v) is 3.18. The van der Waals surface area contributed by atoms with Crippen LogP contribution in [0.15, 0.2) is 36.4 Å². The van der Waals surface area contributed by atoms with Gasteiger partial charge >= 0.3 is 0 Å². The molecule has 2 aromatic carbocycles. The molecule has 0 heterocycles. The first kappa shape index (κ1) is 14.3. The molecule has 0 aliphatic carbocycles. The molecule has 104 valence electrons. The van der Waals surface area contributed by atoms with Gasteiger partial charge in [-0.15, -0.1) is 0 Å². The summed E-state index contributed by atoms with van der Waals surface area (Å²) in [5, 5.41) is 11.6. The predicted octanol–water partition coefficient (Wildman–Crippen LogP) is 4.44. The third-order valence-electron chi connectivity index (χ3n) is 2.94. The Bertz CT molecular complexity index is 632. The molecule has 4 nitrogen and oxygen atoms in total. The summed E-state index contributed by atoms with van der Waals surface area (Å²) in [6.07, 6.45) is 0. The lowest BCUT2D eigenvalue weighted by Crippen LogP contribution is -1.99. The Labute approximate surface area is 122 Å². The Hall–Kier alpha value is -2.07. The molecule has 0 saturated heterocycles. The second kappa shape index (κ2) is 5.92. The Morgan fingerprint density at radius 2 is 1.85 bits per heavy atom. The van der Waals surface area contributed by atoms with Gasteiger partial charge in [-0.05, 0) is 43.7 Å². The zero-order valence-electron chi connectivity index (χ0n) is 11.2. The van der Waals surface area contributed by atoms with Crippen LogP contribution in [0.25, 0.3) is 0 Å². The number of halogens is 1. The minimum absolute atomic E-state index is 0.139. The molecular formula is C15H14ClNO3. The molecule has 0 radical (unpaired) electrons. The van der Waals surface area contributed by atoms with Crippen molar-refractivity contribution in [1.29, 1.82) is 0 Å². The van der Waals surface area contributed by atoms with Gasteiger partial charge in [0.15, 0.2) is 0 Å². The Morgan fingerprint density at radius 1 is 1.20 bits per heavy atom. The van der Waals surface area contributed by atoms with Crippen molar-refractivity contribution in [2.45, 2.75) is 20.5 Å². The molecule has 0 unspecified atom stereocenters. The first-order chi connectivity index (χ1) is 9.47. The van der Waals surface area contributed by atoms with E-state index in [9.17, 15) is 10.1 Å². The number of hydrogen-bond acceptors (Lipinski definition) is 3. The highest BCUT2D eigenvalue weighted by Gasteiger charge is 2.15. The average molecular weight is 292 g/mol. The first-order valence-corrected chi connectivity index (χ1v) is 6.48. The monoisotopic (exact) mass is 291 g/mol. The topological polar surface area (TPSA) is 52.4 Å². The normalized spacial score (nSPS) is 10.3. The summed E-state index contributed by atoms with van der Waals surface area (Å²) in [6, 6.07) is 10.7. The highest BCUT2D eigenvalue weighted by molar-refractivity contribution is 6.30. The Balaban J connectivity index is 2.17. The predicted molar refractivity (Wildman–Crippen MR) is 78.4 cm³/mol. The molecule has 20 heavy (non-hydrogen) atoms. The van der Waals surface area contributed by atoms with Crippen LogP contribution in [0, 0.1) is 24.0 Å². The van der Waals surface area contributed by atoms with Crippen LogP contribution in [0.1, 0.15) is 16.7 Å². The van der Waals surface area contributed by atoms with Crippen molar-refractivity contribution in [1.82, 2.24) is 0 Å². The van der Waals surface area contributed by atoms with Crippen LogP contribution in [-0.2, 0) is 6.61 Å². The third kappa shape index (κ3) is 3.27. The molecule has 0 amide bonds. The smallest absolute Gasteiger partial charge is 0.275 e. The number of nitrogens with zero attached hydrogens (tertiary/aromatic N) is 1. The molecule has 5 heteroatoms. The number of ether oxygens (including phenoxy) is 1. The number of nitro groups is 1. The van der Waals surface area contributed by atoms with Crippen LogP contribution in [0.4, 0.5) is 5.69 Å². The molecule has 2 rings (SSSR count). The van der Waals surface area contributed by atoms with Gasteiger partial charge in [-0.25, -0.2) is 0 Å². The second-order valence-corrected chi connectivity index (χ2v) is 5.02. The van der Waals surface area contributed by atoms with E-state index in [-0.39, 0.29) is 10.6 Å². The van der Waals surface area contributed by atoms with Crippen molar-refractivity contribution in [2.24, 2.45) is 0 Å². The van der Waals surface area contributed by atoms with Crippen molar-refractivity contribution in [2.75, 3.05) is 0 Å². The van der Waals surface area contributed by atoms with Gasteiger partial charge in [-0.2, -0.15) is 0 Å². The summed E-state index contributed by atoms with van der Waals surface area (Å²) in [7, 11) is 0. The fraction of sp³-hybridized carbons (Fsp3) is 0.200. The van der Waals surface area contributed by atoms with E-state index in [1.807, 2.05) is 18.2 Å². The van der Waals surface area contributed by atoms with E-state index >= 15 is 0 Å². The summed E-state index contributed by atoms with van der Waals surface area (Å²) in [4.78, 5) is 10.6. The lowest BCUT2D eigenvalue weighted by atomic mass is 10.1. The van der Waals surface area contributed by atoms with Gasteiger partial charge in [0.05, 0.1) is 4.92 Å². The zero-order valence-corrected chi connectivity index (χ0v) is 12.0. The summed E-state index contributed by atoms with van der Waals surface area (Å²) in [5.41, 5.74) is 2.28. The summed E-state index contributed by atoms with van der Waals surface area (Å²) >= 11 is 5.90. The van der Waals surface area contributed by atoms with Crippen molar-refractivity contribution in [3.8, 4) is 5.75 Å². The van der Waals surface area contributed by atoms with Gasteiger partial charge in [0.25, 0.3) is 5.69 Å².